The van der Waals surface area contributed by atoms with Gasteiger partial charge in [-0.3, -0.25) is 9.79 Å². The van der Waals surface area contributed by atoms with Crippen LogP contribution in [0.1, 0.15) is 57.4 Å². The average Bonchev–Trinajstić information content (AvgIpc) is 3.30. The maximum Gasteiger partial charge on any atom is 0.254 e. The number of hydrogen-bond acceptors (Lipinski definition) is 5. The Morgan fingerprint density at radius 1 is 1.27 bits per heavy atom. The van der Waals surface area contributed by atoms with Gasteiger partial charge in [0.05, 0.1) is 12.1 Å². The Morgan fingerprint density at radius 3 is 2.67 bits per heavy atom. The first-order chi connectivity index (χ1) is 14.5. The molecule has 30 heavy (non-hydrogen) atoms. The molecule has 2 aromatic carbocycles. The van der Waals surface area contributed by atoms with Gasteiger partial charge >= 0.3 is 0 Å². The molecular weight excluding hydrogens is 376 g/mol. The smallest absolute Gasteiger partial charge is 0.254 e. The van der Waals surface area contributed by atoms with Crippen molar-refractivity contribution in [3.63, 3.8) is 0 Å². The van der Waals surface area contributed by atoms with Gasteiger partial charge in [0.2, 0.25) is 0 Å². The Bertz CT molecular complexity index is 1010. The predicted octanol–water partition coefficient (Wildman–Crippen LogP) is 2.82. The lowest BCUT2D eigenvalue weighted by Crippen LogP contribution is -2.40. The summed E-state index contributed by atoms with van der Waals surface area (Å²) >= 11 is 0. The minimum atomic E-state index is -0.401. The van der Waals surface area contributed by atoms with Crippen molar-refractivity contribution >= 4 is 17.8 Å². The molecule has 2 aromatic rings. The molecule has 0 unspecified atom stereocenters. The topological polar surface area (TPSA) is 91.3 Å². The second kappa shape index (κ2) is 8.40. The molecule has 1 fully saturated rings. The predicted molar refractivity (Wildman–Crippen MR) is 119 cm³/mol. The number of amides is 1. The lowest BCUT2D eigenvalue weighted by molar-refractivity contribution is 0.0479. The van der Waals surface area contributed by atoms with Gasteiger partial charge in [-0.05, 0) is 60.9 Å². The summed E-state index contributed by atoms with van der Waals surface area (Å²) in [6, 6.07) is 12.2. The second-order valence-corrected chi connectivity index (χ2v) is 8.21. The molecule has 3 N–H and O–H groups in total. The van der Waals surface area contributed by atoms with Crippen molar-refractivity contribution in [2.45, 2.75) is 51.3 Å². The van der Waals surface area contributed by atoms with Crippen LogP contribution in [0.25, 0.3) is 0 Å². The van der Waals surface area contributed by atoms with E-state index in [1.165, 1.54) is 5.56 Å². The van der Waals surface area contributed by atoms with E-state index in [1.807, 2.05) is 23.1 Å². The number of nitrogens with zero attached hydrogens (tertiary/aromatic N) is 3. The van der Waals surface area contributed by atoms with Crippen molar-refractivity contribution < 1.29 is 9.90 Å². The molecule has 4 rings (SSSR count). The second-order valence-electron chi connectivity index (χ2n) is 8.21. The molecule has 0 saturated heterocycles. The largest absolute Gasteiger partial charge is 0.391 e. The highest BCUT2D eigenvalue weighted by Crippen LogP contribution is 2.33. The van der Waals surface area contributed by atoms with Crippen LogP contribution in [0.2, 0.25) is 0 Å². The van der Waals surface area contributed by atoms with Crippen molar-refractivity contribution in [2.75, 3.05) is 7.05 Å². The Labute approximate surface area is 177 Å². The minimum Gasteiger partial charge on any atom is -0.391 e. The summed E-state index contributed by atoms with van der Waals surface area (Å²) in [4.78, 5) is 18.9. The highest BCUT2D eigenvalue weighted by atomic mass is 16.3. The van der Waals surface area contributed by atoms with Crippen LogP contribution in [-0.2, 0) is 13.0 Å². The van der Waals surface area contributed by atoms with Gasteiger partial charge in [-0.1, -0.05) is 30.3 Å². The molecule has 0 bridgehead atoms. The maximum atomic E-state index is 13.0. The van der Waals surface area contributed by atoms with Crippen LogP contribution < -0.4 is 5.84 Å². The van der Waals surface area contributed by atoms with Gasteiger partial charge in [-0.15, -0.1) is 0 Å². The van der Waals surface area contributed by atoms with Gasteiger partial charge in [0.15, 0.2) is 0 Å². The summed E-state index contributed by atoms with van der Waals surface area (Å²) in [5, 5.41) is 14.0. The number of aryl methyl sites for hydroxylation is 1. The number of aliphatic hydroxyl groups excluding tert-OH is 1. The summed E-state index contributed by atoms with van der Waals surface area (Å²) < 4.78 is 0. The zero-order valence-corrected chi connectivity index (χ0v) is 17.5. The lowest BCUT2D eigenvalue weighted by atomic mass is 9.95. The van der Waals surface area contributed by atoms with Crippen LogP contribution in [0.4, 0.5) is 0 Å². The van der Waals surface area contributed by atoms with E-state index < -0.39 is 6.10 Å². The highest BCUT2D eigenvalue weighted by Gasteiger charge is 2.38. The van der Waals surface area contributed by atoms with Gasteiger partial charge < -0.3 is 15.8 Å². The Hall–Kier alpha value is -2.99. The van der Waals surface area contributed by atoms with Crippen LogP contribution in [0.5, 0.6) is 0 Å². The molecule has 1 saturated carbocycles. The SMILES string of the molecule is CN=CC(=NN)c1ccc(Cc2cc3c(cc2C)CN([C@H]2CCC[C@@H]2O)C3=O)cc1. The molecule has 2 atom stereocenters. The number of aliphatic imine (C=N–C) groups is 1. The zero-order chi connectivity index (χ0) is 21.3. The summed E-state index contributed by atoms with van der Waals surface area (Å²) in [5.41, 5.74) is 6.88. The fraction of sp³-hybridized carbons (Fsp3) is 0.375. The summed E-state index contributed by atoms with van der Waals surface area (Å²) in [6.07, 6.45) is 4.63. The molecule has 1 aliphatic carbocycles. The van der Waals surface area contributed by atoms with E-state index in [1.54, 1.807) is 13.3 Å². The quantitative estimate of drug-likeness (QED) is 0.456. The lowest BCUT2D eigenvalue weighted by Gasteiger charge is -2.26. The van der Waals surface area contributed by atoms with Crippen LogP contribution >= 0.6 is 0 Å². The van der Waals surface area contributed by atoms with E-state index in [2.05, 4.69) is 35.2 Å². The van der Waals surface area contributed by atoms with Gasteiger partial charge in [0.1, 0.15) is 5.71 Å². The molecular formula is C24H28N4O2. The summed E-state index contributed by atoms with van der Waals surface area (Å²) in [5.74, 6) is 5.50. The Kier molecular flexibility index (Phi) is 5.68. The zero-order valence-electron chi connectivity index (χ0n) is 17.5. The van der Waals surface area contributed by atoms with E-state index in [9.17, 15) is 9.90 Å². The number of carbonyl (C=O) groups excluding carboxylic acids is 1. The first kappa shape index (κ1) is 20.3. The summed E-state index contributed by atoms with van der Waals surface area (Å²) in [7, 11) is 1.69. The molecule has 156 valence electrons. The third-order valence-electron chi connectivity index (χ3n) is 6.27. The van der Waals surface area contributed by atoms with Crippen LogP contribution in [0, 0.1) is 6.92 Å². The molecule has 0 aromatic heterocycles. The number of fused-ring (bicyclic) bond motifs is 1. The van der Waals surface area contributed by atoms with Gasteiger partial charge in [0.25, 0.3) is 5.91 Å². The highest BCUT2D eigenvalue weighted by molar-refractivity contribution is 6.38. The number of carbonyl (C=O) groups is 1. The molecule has 1 heterocycles. The Morgan fingerprint density at radius 2 is 2.03 bits per heavy atom. The minimum absolute atomic E-state index is 0.0498. The van der Waals surface area contributed by atoms with Crippen molar-refractivity contribution in [2.24, 2.45) is 15.9 Å². The standard InChI is InChI=1S/C24H28N4O2/c1-15-10-19-14-28(22-4-3-5-23(22)29)24(30)20(19)12-18(15)11-16-6-8-17(9-7-16)21(27-25)13-26-2/h6-10,12-13,22-23,29H,3-5,11,14,25H2,1-2H3/t22-,23-/m0/s1. The first-order valence-corrected chi connectivity index (χ1v) is 10.4. The molecule has 0 spiro atoms. The van der Waals surface area contributed by atoms with Gasteiger partial charge in [-0.2, -0.15) is 5.10 Å². The molecule has 6 nitrogen and oxygen atoms in total. The van der Waals surface area contributed by atoms with Crippen molar-refractivity contribution in [3.8, 4) is 0 Å². The summed E-state index contributed by atoms with van der Waals surface area (Å²) in [6.45, 7) is 2.70. The molecule has 2 aliphatic rings. The van der Waals surface area contributed by atoms with E-state index in [0.717, 1.165) is 53.5 Å². The van der Waals surface area contributed by atoms with E-state index >= 15 is 0 Å². The number of hydrazone groups is 1. The number of hydrogen-bond donors (Lipinski definition) is 2. The van der Waals surface area contributed by atoms with Crippen LogP contribution in [-0.4, -0.2) is 47.0 Å². The van der Waals surface area contributed by atoms with Crippen LogP contribution in [0.15, 0.2) is 46.5 Å². The van der Waals surface area contributed by atoms with Crippen LogP contribution in [0.3, 0.4) is 0 Å². The van der Waals surface area contributed by atoms with Crippen molar-refractivity contribution in [3.05, 3.63) is 69.8 Å². The molecule has 1 amide bonds. The fourth-order valence-electron chi connectivity index (χ4n) is 4.61. The van der Waals surface area contributed by atoms with Crippen molar-refractivity contribution in [1.82, 2.24) is 4.90 Å². The third kappa shape index (κ3) is 3.75. The number of nitrogens with two attached hydrogens (primary N) is 1. The van der Waals surface area contributed by atoms with Crippen molar-refractivity contribution in [1.29, 1.82) is 0 Å². The Balaban J connectivity index is 1.55. The van der Waals surface area contributed by atoms with E-state index in [4.69, 9.17) is 5.84 Å². The van der Waals surface area contributed by atoms with E-state index in [0.29, 0.717) is 12.3 Å². The van der Waals surface area contributed by atoms with Gasteiger partial charge in [-0.25, -0.2) is 0 Å². The number of benzene rings is 2. The average molecular weight is 405 g/mol. The monoisotopic (exact) mass is 404 g/mol. The third-order valence-corrected chi connectivity index (χ3v) is 6.27. The maximum absolute atomic E-state index is 13.0. The number of rotatable bonds is 5. The normalized spacial score (nSPS) is 21.6. The van der Waals surface area contributed by atoms with E-state index in [-0.39, 0.29) is 11.9 Å². The molecule has 1 aliphatic heterocycles. The number of aliphatic hydroxyl groups is 1. The van der Waals surface area contributed by atoms with Gasteiger partial charge in [0, 0.05) is 30.9 Å². The first-order valence-electron chi connectivity index (χ1n) is 10.4. The molecule has 6 heteroatoms. The molecule has 0 radical (unpaired) electrons. The fourth-order valence-corrected chi connectivity index (χ4v) is 4.61.